The van der Waals surface area contributed by atoms with E-state index in [0.29, 0.717) is 5.56 Å². The summed E-state index contributed by atoms with van der Waals surface area (Å²) in [6.45, 7) is 4.00. The number of hydrogen-bond donors (Lipinski definition) is 2. The van der Waals surface area contributed by atoms with Gasteiger partial charge < -0.3 is 31.9 Å². The number of rotatable bonds is 10. The second-order valence-corrected chi connectivity index (χ2v) is 11.3. The number of methoxy groups -OCH3 is 3. The SMILES string of the molecule is CC.COc1ccc(Cc2ccc(C=O)cc2)cc1.COc1ccc(Cc2ccc(OC)cc2)cc1.II.Oc1ccc(Cc2ccc(O)cc2)cc1.[CH3-].[Y].[Y]. The zero-order valence-electron chi connectivity index (χ0n) is 33.0. The van der Waals surface area contributed by atoms with E-state index in [1.807, 2.05) is 111 Å². The molecule has 6 aromatic carbocycles. The first-order chi connectivity index (χ1) is 25.9. The Bertz CT molecular complexity index is 1750. The molecule has 10 heteroatoms. The van der Waals surface area contributed by atoms with Gasteiger partial charge in [-0.05, 0) is 113 Å². The van der Waals surface area contributed by atoms with Crippen LogP contribution >= 0.6 is 37.2 Å². The van der Waals surface area contributed by atoms with Crippen molar-refractivity contribution in [1.82, 2.24) is 0 Å². The summed E-state index contributed by atoms with van der Waals surface area (Å²) in [7, 11) is 5.02. The Balaban J connectivity index is 0. The minimum absolute atomic E-state index is 0. The van der Waals surface area contributed by atoms with Crippen molar-refractivity contribution < 1.29 is 94.6 Å². The molecule has 0 saturated heterocycles. The number of carbonyl (C=O) groups excluding carboxylic acids is 1. The van der Waals surface area contributed by atoms with Crippen LogP contribution in [0.1, 0.15) is 57.6 Å². The number of phenols is 2. The minimum atomic E-state index is 0. The van der Waals surface area contributed by atoms with Gasteiger partial charge in [0.2, 0.25) is 0 Å². The van der Waals surface area contributed by atoms with Gasteiger partial charge in [-0.2, -0.15) is 0 Å². The summed E-state index contributed by atoms with van der Waals surface area (Å²) in [6.07, 6.45) is 3.45. The molecule has 0 aliphatic rings. The maximum absolute atomic E-state index is 10.5. The van der Waals surface area contributed by atoms with Crippen LogP contribution in [0.25, 0.3) is 0 Å². The van der Waals surface area contributed by atoms with Gasteiger partial charge in [-0.1, -0.05) is 98.8 Å². The van der Waals surface area contributed by atoms with Crippen molar-refractivity contribution in [2.24, 2.45) is 0 Å². The van der Waals surface area contributed by atoms with Crippen LogP contribution in [0.5, 0.6) is 28.7 Å². The van der Waals surface area contributed by atoms with Crippen LogP contribution in [0.3, 0.4) is 0 Å². The Hall–Kier alpha value is -2.34. The van der Waals surface area contributed by atoms with Crippen molar-refractivity contribution in [2.75, 3.05) is 21.3 Å². The maximum atomic E-state index is 10.5. The molecule has 0 amide bonds. The zero-order valence-corrected chi connectivity index (χ0v) is 43.0. The fourth-order valence-corrected chi connectivity index (χ4v) is 4.88. The maximum Gasteiger partial charge on any atom is 0.150 e. The topological polar surface area (TPSA) is 85.2 Å². The molecule has 6 nitrogen and oxygen atoms in total. The third-order valence-electron chi connectivity index (χ3n) is 7.69. The normalized spacial score (nSPS) is 8.98. The summed E-state index contributed by atoms with van der Waals surface area (Å²) in [4.78, 5) is 10.5. The molecule has 2 N–H and O–H groups in total. The van der Waals surface area contributed by atoms with Crippen molar-refractivity contribution in [3.63, 3.8) is 0 Å². The van der Waals surface area contributed by atoms with Crippen LogP contribution in [0.15, 0.2) is 146 Å². The van der Waals surface area contributed by atoms with Gasteiger partial charge >= 0.3 is 0 Å². The molecule has 0 fully saturated rings. The van der Waals surface area contributed by atoms with E-state index in [1.54, 1.807) is 45.6 Å². The van der Waals surface area contributed by atoms with Crippen molar-refractivity contribution in [3.05, 3.63) is 192 Å². The standard InChI is InChI=1S/C15H16O2.C15H14O2.C13H12O2.C2H6.CH3.I2.2Y/c1-16-14-7-3-12(4-8-14)11-13-5-9-15(17-2)10-6-13;1-17-15-8-6-13(7-9-15)10-12-2-4-14(11-16)5-3-12;14-12-5-1-10(2-6-12)9-11-3-7-13(15)8-4-11;1-2;;1-2;;/h3-10H,11H2,1-2H3;2-9,11H,10H2,1H3;1-8,14-15H,9H2;1-2H3;1H3;;;/q;;;;-1;;;. The Morgan fingerprint density at radius 3 is 0.821 bits per heavy atom. The molecule has 0 bridgehead atoms. The fourth-order valence-electron chi connectivity index (χ4n) is 4.88. The van der Waals surface area contributed by atoms with Gasteiger partial charge in [0.25, 0.3) is 0 Å². The zero-order chi connectivity index (χ0) is 38.8. The van der Waals surface area contributed by atoms with Gasteiger partial charge in [0.1, 0.15) is 35.0 Å². The number of ether oxygens (including phenoxy) is 3. The number of phenolic OH excluding ortho intramolecular Hbond substituents is 2. The van der Waals surface area contributed by atoms with E-state index in [1.165, 1.54) is 22.3 Å². The molecule has 6 rings (SSSR count). The Kier molecular flexibility index (Phi) is 33.5. The molecule has 0 heterocycles. The van der Waals surface area contributed by atoms with E-state index in [2.05, 4.69) is 61.5 Å². The molecule has 0 spiro atoms. The Labute approximate surface area is 408 Å². The molecule has 6 aromatic rings. The van der Waals surface area contributed by atoms with Crippen LogP contribution in [-0.2, 0) is 84.7 Å². The van der Waals surface area contributed by atoms with E-state index >= 15 is 0 Å². The van der Waals surface area contributed by atoms with Crippen LogP contribution in [0.2, 0.25) is 0 Å². The quantitative estimate of drug-likeness (QED) is 0.0808. The van der Waals surface area contributed by atoms with E-state index in [4.69, 9.17) is 24.4 Å². The second kappa shape index (κ2) is 33.6. The third kappa shape index (κ3) is 22.0. The average molecular weight is 1130 g/mol. The van der Waals surface area contributed by atoms with Crippen molar-refractivity contribution >= 4 is 43.5 Å². The molecule has 2 radical (unpaired) electrons. The van der Waals surface area contributed by atoms with Gasteiger partial charge in [0, 0.05) is 108 Å². The number of aromatic hydroxyl groups is 2. The molecule has 0 atom stereocenters. The number of halogens is 2. The summed E-state index contributed by atoms with van der Waals surface area (Å²) in [6, 6.07) is 46.2. The first-order valence-electron chi connectivity index (χ1n) is 17.0. The largest absolute Gasteiger partial charge is 0.508 e. The monoisotopic (exact) mass is 1130 g/mol. The van der Waals surface area contributed by atoms with E-state index in [-0.39, 0.29) is 84.3 Å². The minimum Gasteiger partial charge on any atom is -0.508 e. The number of benzene rings is 6. The second-order valence-electron chi connectivity index (χ2n) is 11.3. The summed E-state index contributed by atoms with van der Waals surface area (Å²) in [5, 5.41) is 18.3. The van der Waals surface area contributed by atoms with Gasteiger partial charge in [0.15, 0.2) is 0 Å². The van der Waals surface area contributed by atoms with Gasteiger partial charge in [-0.25, -0.2) is 0 Å². The predicted octanol–water partition coefficient (Wildman–Crippen LogP) is 12.3. The van der Waals surface area contributed by atoms with Crippen LogP contribution < -0.4 is 14.2 Å². The predicted molar refractivity (Wildman–Crippen MR) is 241 cm³/mol. The molecule has 56 heavy (non-hydrogen) atoms. The number of hydrogen-bond acceptors (Lipinski definition) is 6. The van der Waals surface area contributed by atoms with E-state index in [0.717, 1.165) is 53.9 Å². The number of aldehydes is 1. The average Bonchev–Trinajstić information content (AvgIpc) is 3.23. The van der Waals surface area contributed by atoms with Crippen LogP contribution in [0, 0.1) is 7.43 Å². The number of carbonyl (C=O) groups is 1. The summed E-state index contributed by atoms with van der Waals surface area (Å²) in [5.41, 5.74) is 7.96. The molecular weight excluding hydrogens is 1080 g/mol. The van der Waals surface area contributed by atoms with Crippen LogP contribution in [-0.4, -0.2) is 37.8 Å². The fraction of sp³-hybridized carbons (Fsp3) is 0.174. The summed E-state index contributed by atoms with van der Waals surface area (Å²) in [5.74, 6) is 3.21. The molecule has 0 aliphatic carbocycles. The van der Waals surface area contributed by atoms with Crippen LogP contribution in [0.4, 0.5) is 0 Å². The molecule has 0 saturated carbocycles. The Morgan fingerprint density at radius 2 is 0.625 bits per heavy atom. The molecule has 0 aliphatic heterocycles. The van der Waals surface area contributed by atoms with Gasteiger partial charge in [-0.15, -0.1) is 0 Å². The molecule has 0 aromatic heterocycles. The van der Waals surface area contributed by atoms with E-state index < -0.39 is 0 Å². The summed E-state index contributed by atoms with van der Waals surface area (Å²) >= 11 is 4.24. The van der Waals surface area contributed by atoms with Crippen molar-refractivity contribution in [1.29, 1.82) is 0 Å². The summed E-state index contributed by atoms with van der Waals surface area (Å²) < 4.78 is 15.4. The van der Waals surface area contributed by atoms with Crippen molar-refractivity contribution in [2.45, 2.75) is 33.1 Å². The van der Waals surface area contributed by atoms with Gasteiger partial charge in [-0.3, -0.25) is 4.79 Å². The third-order valence-corrected chi connectivity index (χ3v) is 7.69. The Morgan fingerprint density at radius 1 is 0.429 bits per heavy atom. The smallest absolute Gasteiger partial charge is 0.150 e. The van der Waals surface area contributed by atoms with Crippen molar-refractivity contribution in [3.8, 4) is 28.7 Å². The molecular formula is C46H51I2O6Y2-. The van der Waals surface area contributed by atoms with E-state index in [9.17, 15) is 4.79 Å². The molecule has 292 valence electrons. The first kappa shape index (κ1) is 55.8. The molecule has 0 unspecified atom stereocenters. The first-order valence-corrected chi connectivity index (χ1v) is 23.3. The van der Waals surface area contributed by atoms with Gasteiger partial charge in [0.05, 0.1) is 21.3 Å².